The molecule has 0 aromatic heterocycles. The zero-order valence-corrected chi connectivity index (χ0v) is 5.93. The van der Waals surface area contributed by atoms with Gasteiger partial charge >= 0.3 is 0 Å². The molecule has 9 heavy (non-hydrogen) atoms. The van der Waals surface area contributed by atoms with Crippen LogP contribution in [-0.4, -0.2) is 30.0 Å². The van der Waals surface area contributed by atoms with E-state index in [-0.39, 0.29) is 5.91 Å². The number of nitrogens with zero attached hydrogens (tertiary/aromatic N) is 1. The standard InChI is InChI=1S/C5H9NO2S/c7-5-1-3-8-4-2-6(5)9/h9H,1-4H2. The first-order chi connectivity index (χ1) is 4.30. The molecule has 0 radical (unpaired) electrons. The van der Waals surface area contributed by atoms with Crippen LogP contribution in [0.2, 0.25) is 0 Å². The van der Waals surface area contributed by atoms with Crippen molar-refractivity contribution < 1.29 is 9.53 Å². The highest BCUT2D eigenvalue weighted by molar-refractivity contribution is 7.78. The summed E-state index contributed by atoms with van der Waals surface area (Å²) in [6.07, 6.45) is 0.462. The molecule has 1 amide bonds. The summed E-state index contributed by atoms with van der Waals surface area (Å²) in [6, 6.07) is 0. The Morgan fingerprint density at radius 2 is 2.33 bits per heavy atom. The zero-order chi connectivity index (χ0) is 6.69. The third-order valence-electron chi connectivity index (χ3n) is 1.20. The molecule has 0 aliphatic carbocycles. The first kappa shape index (κ1) is 6.89. The highest BCUT2D eigenvalue weighted by Gasteiger charge is 2.12. The topological polar surface area (TPSA) is 29.5 Å². The summed E-state index contributed by atoms with van der Waals surface area (Å²) in [5, 5.41) is 0. The highest BCUT2D eigenvalue weighted by atomic mass is 32.1. The third-order valence-corrected chi connectivity index (χ3v) is 1.62. The molecular formula is C5H9NO2S. The second-order valence-electron chi connectivity index (χ2n) is 1.88. The Hall–Kier alpha value is -0.220. The third kappa shape index (κ3) is 1.87. The molecule has 1 aliphatic rings. The summed E-state index contributed by atoms with van der Waals surface area (Å²) in [6.45, 7) is 1.74. The number of thiol groups is 1. The average molecular weight is 147 g/mol. The number of ether oxygens (including phenoxy) is 1. The minimum absolute atomic E-state index is 0.0517. The maximum atomic E-state index is 10.8. The Balaban J connectivity index is 2.41. The van der Waals surface area contributed by atoms with Crippen molar-refractivity contribution in [2.24, 2.45) is 0 Å². The molecule has 0 spiro atoms. The van der Waals surface area contributed by atoms with E-state index >= 15 is 0 Å². The zero-order valence-electron chi connectivity index (χ0n) is 5.04. The van der Waals surface area contributed by atoms with Crippen molar-refractivity contribution >= 4 is 18.7 Å². The Morgan fingerprint density at radius 1 is 1.56 bits per heavy atom. The van der Waals surface area contributed by atoms with Gasteiger partial charge in [-0.15, -0.1) is 0 Å². The maximum absolute atomic E-state index is 10.8. The normalized spacial score (nSPS) is 21.9. The van der Waals surface area contributed by atoms with E-state index in [2.05, 4.69) is 12.8 Å². The monoisotopic (exact) mass is 147 g/mol. The molecule has 0 unspecified atom stereocenters. The fourth-order valence-corrected chi connectivity index (χ4v) is 0.848. The fraction of sp³-hybridized carbons (Fsp3) is 0.800. The van der Waals surface area contributed by atoms with Crippen molar-refractivity contribution in [2.45, 2.75) is 6.42 Å². The van der Waals surface area contributed by atoms with Gasteiger partial charge in [-0.3, -0.25) is 9.10 Å². The van der Waals surface area contributed by atoms with E-state index in [1.165, 1.54) is 4.31 Å². The number of amides is 1. The van der Waals surface area contributed by atoms with Crippen molar-refractivity contribution in [3.8, 4) is 0 Å². The molecule has 0 aromatic carbocycles. The van der Waals surface area contributed by atoms with Gasteiger partial charge in [0.05, 0.1) is 26.2 Å². The van der Waals surface area contributed by atoms with Crippen molar-refractivity contribution in [1.29, 1.82) is 0 Å². The van der Waals surface area contributed by atoms with E-state index in [0.29, 0.717) is 26.2 Å². The van der Waals surface area contributed by atoms with E-state index in [4.69, 9.17) is 4.74 Å². The molecule has 1 rings (SSSR count). The van der Waals surface area contributed by atoms with Crippen LogP contribution in [0.4, 0.5) is 0 Å². The molecule has 3 nitrogen and oxygen atoms in total. The number of carbonyl (C=O) groups is 1. The van der Waals surface area contributed by atoms with Gasteiger partial charge in [0.25, 0.3) is 0 Å². The first-order valence-electron chi connectivity index (χ1n) is 2.87. The van der Waals surface area contributed by atoms with Gasteiger partial charge in [0.1, 0.15) is 0 Å². The number of hydrogen-bond donors (Lipinski definition) is 1. The number of hydrogen-bond acceptors (Lipinski definition) is 3. The quantitative estimate of drug-likeness (QED) is 0.492. The molecule has 0 N–H and O–H groups in total. The van der Waals surface area contributed by atoms with Crippen molar-refractivity contribution in [2.75, 3.05) is 19.8 Å². The summed E-state index contributed by atoms with van der Waals surface area (Å²) in [5.74, 6) is 0.0517. The number of rotatable bonds is 0. The minimum atomic E-state index is 0.0517. The van der Waals surface area contributed by atoms with Crippen LogP contribution in [0.5, 0.6) is 0 Å². The summed E-state index contributed by atoms with van der Waals surface area (Å²) < 4.78 is 6.42. The van der Waals surface area contributed by atoms with E-state index in [0.717, 1.165) is 0 Å². The van der Waals surface area contributed by atoms with Crippen LogP contribution in [0.3, 0.4) is 0 Å². The van der Waals surface area contributed by atoms with Crippen LogP contribution in [0, 0.1) is 0 Å². The number of carbonyl (C=O) groups excluding carboxylic acids is 1. The molecule has 0 aromatic rings. The molecule has 0 saturated carbocycles. The maximum Gasteiger partial charge on any atom is 0.234 e. The molecule has 4 heteroatoms. The van der Waals surface area contributed by atoms with Gasteiger partial charge in [-0.2, -0.15) is 0 Å². The van der Waals surface area contributed by atoms with Crippen molar-refractivity contribution in [1.82, 2.24) is 4.31 Å². The Labute approximate surface area is 59.5 Å². The lowest BCUT2D eigenvalue weighted by atomic mass is 10.4. The molecule has 1 aliphatic heterocycles. The van der Waals surface area contributed by atoms with E-state index in [1.54, 1.807) is 0 Å². The summed E-state index contributed by atoms with van der Waals surface area (Å²) in [7, 11) is 0. The second kappa shape index (κ2) is 3.08. The largest absolute Gasteiger partial charge is 0.379 e. The second-order valence-corrected chi connectivity index (χ2v) is 2.36. The highest BCUT2D eigenvalue weighted by Crippen LogP contribution is 2.02. The van der Waals surface area contributed by atoms with Gasteiger partial charge in [0.2, 0.25) is 5.91 Å². The van der Waals surface area contributed by atoms with Crippen molar-refractivity contribution in [3.05, 3.63) is 0 Å². The Bertz CT molecular complexity index is 118. The Kier molecular flexibility index (Phi) is 2.36. The molecule has 1 saturated heterocycles. The molecule has 52 valence electrons. The SMILES string of the molecule is O=C1CCOCCN1S. The van der Waals surface area contributed by atoms with Crippen LogP contribution < -0.4 is 0 Å². The molecule has 0 atom stereocenters. The van der Waals surface area contributed by atoms with Gasteiger partial charge < -0.3 is 4.74 Å². The van der Waals surface area contributed by atoms with Gasteiger partial charge in [-0.25, -0.2) is 0 Å². The molecular weight excluding hydrogens is 138 g/mol. The van der Waals surface area contributed by atoms with Gasteiger partial charge in [0, 0.05) is 0 Å². The predicted octanol–water partition coefficient (Wildman–Crippen LogP) is 0.0801. The van der Waals surface area contributed by atoms with Crippen LogP contribution in [0.25, 0.3) is 0 Å². The van der Waals surface area contributed by atoms with Crippen LogP contribution >= 0.6 is 12.8 Å². The van der Waals surface area contributed by atoms with Crippen LogP contribution in [-0.2, 0) is 9.53 Å². The first-order valence-corrected chi connectivity index (χ1v) is 3.27. The van der Waals surface area contributed by atoms with Crippen LogP contribution in [0.15, 0.2) is 0 Å². The lowest BCUT2D eigenvalue weighted by Gasteiger charge is -2.08. The lowest BCUT2D eigenvalue weighted by molar-refractivity contribution is -0.125. The molecule has 1 fully saturated rings. The van der Waals surface area contributed by atoms with Crippen LogP contribution in [0.1, 0.15) is 6.42 Å². The predicted molar refractivity (Wildman–Crippen MR) is 36.1 cm³/mol. The van der Waals surface area contributed by atoms with E-state index in [9.17, 15) is 4.79 Å². The fourth-order valence-electron chi connectivity index (χ4n) is 0.666. The lowest BCUT2D eigenvalue weighted by Crippen LogP contribution is -2.21. The van der Waals surface area contributed by atoms with E-state index < -0.39 is 0 Å². The smallest absolute Gasteiger partial charge is 0.234 e. The molecule has 1 heterocycles. The van der Waals surface area contributed by atoms with E-state index in [1.807, 2.05) is 0 Å². The van der Waals surface area contributed by atoms with Crippen molar-refractivity contribution in [3.63, 3.8) is 0 Å². The van der Waals surface area contributed by atoms with Gasteiger partial charge in [-0.05, 0) is 0 Å². The summed E-state index contributed by atoms with van der Waals surface area (Å²) >= 11 is 3.93. The average Bonchev–Trinajstić information content (AvgIpc) is 1.99. The molecule has 0 bridgehead atoms. The van der Waals surface area contributed by atoms with Gasteiger partial charge in [0.15, 0.2) is 0 Å². The summed E-state index contributed by atoms with van der Waals surface area (Å²) in [5.41, 5.74) is 0. The minimum Gasteiger partial charge on any atom is -0.379 e. The Morgan fingerprint density at radius 3 is 3.11 bits per heavy atom. The summed E-state index contributed by atoms with van der Waals surface area (Å²) in [4.78, 5) is 10.8. The van der Waals surface area contributed by atoms with Gasteiger partial charge in [-0.1, -0.05) is 12.8 Å².